The Bertz CT molecular complexity index is 648. The Kier molecular flexibility index (Phi) is 2.87. The fraction of sp³-hybridized carbons (Fsp3) is 0.333. The summed E-state index contributed by atoms with van der Waals surface area (Å²) in [5, 5.41) is 5.77. The second-order valence-electron chi connectivity index (χ2n) is 4.76. The van der Waals surface area contributed by atoms with E-state index in [1.807, 2.05) is 30.3 Å². The average molecular weight is 278 g/mol. The van der Waals surface area contributed by atoms with Gasteiger partial charge in [-0.1, -0.05) is 30.3 Å². The zero-order valence-corrected chi connectivity index (χ0v) is 11.0. The maximum absolute atomic E-state index is 12.0. The molecule has 1 aliphatic carbocycles. The molecule has 1 aromatic heterocycles. The average Bonchev–Trinajstić information content (AvgIpc) is 3.01. The van der Waals surface area contributed by atoms with E-state index >= 15 is 0 Å². The summed E-state index contributed by atoms with van der Waals surface area (Å²) in [6.45, 7) is 0.389. The van der Waals surface area contributed by atoms with Gasteiger partial charge in [0.2, 0.25) is 0 Å². The van der Waals surface area contributed by atoms with Gasteiger partial charge in [0.05, 0.1) is 0 Å². The van der Waals surface area contributed by atoms with Crippen molar-refractivity contribution in [3.63, 3.8) is 0 Å². The highest BCUT2D eigenvalue weighted by atomic mass is 32.2. The van der Waals surface area contributed by atoms with Gasteiger partial charge in [-0.15, -0.1) is 0 Å². The summed E-state index contributed by atoms with van der Waals surface area (Å²) in [6, 6.07) is 9.98. The van der Waals surface area contributed by atoms with Gasteiger partial charge in [-0.25, -0.2) is 23.2 Å². The van der Waals surface area contributed by atoms with Crippen molar-refractivity contribution in [3.8, 4) is 0 Å². The first-order valence-electron chi connectivity index (χ1n) is 6.03. The minimum atomic E-state index is -3.60. The van der Waals surface area contributed by atoms with E-state index < -0.39 is 10.0 Å². The van der Waals surface area contributed by atoms with Crippen molar-refractivity contribution in [3.05, 3.63) is 42.2 Å². The van der Waals surface area contributed by atoms with Crippen molar-refractivity contribution < 1.29 is 8.42 Å². The lowest BCUT2D eigenvalue weighted by Gasteiger charge is -2.15. The molecular weight excluding hydrogens is 264 g/mol. The highest BCUT2D eigenvalue weighted by molar-refractivity contribution is 7.89. The number of nitrogens with one attached hydrogen (secondary N) is 2. The number of sulfonamides is 1. The molecule has 0 bridgehead atoms. The van der Waals surface area contributed by atoms with Crippen LogP contribution in [0.1, 0.15) is 18.4 Å². The van der Waals surface area contributed by atoms with Crippen molar-refractivity contribution in [1.82, 2.24) is 19.9 Å². The van der Waals surface area contributed by atoms with Crippen LogP contribution in [0.25, 0.3) is 0 Å². The van der Waals surface area contributed by atoms with Gasteiger partial charge in [-0.05, 0) is 18.4 Å². The summed E-state index contributed by atoms with van der Waals surface area (Å²) in [6.07, 6.45) is 3.17. The van der Waals surface area contributed by atoms with Gasteiger partial charge in [0.25, 0.3) is 15.2 Å². The molecule has 7 heteroatoms. The van der Waals surface area contributed by atoms with Crippen molar-refractivity contribution in [2.45, 2.75) is 23.4 Å². The van der Waals surface area contributed by atoms with Gasteiger partial charge in [0, 0.05) is 12.0 Å². The standard InChI is InChI=1S/C12H14N4O2S/c17-19(18,11-13-9-14-16-11)15-8-12(6-7-12)10-4-2-1-3-5-10/h1-5,9,15H,6-8H2,(H,13,14,16). The van der Waals surface area contributed by atoms with Crippen LogP contribution in [0, 0.1) is 0 Å². The molecular formula is C12H14N4O2S. The lowest BCUT2D eigenvalue weighted by Crippen LogP contribution is -2.32. The van der Waals surface area contributed by atoms with Gasteiger partial charge < -0.3 is 0 Å². The SMILES string of the molecule is O=S(=O)(NCC1(c2ccccc2)CC1)c1ncn[nH]1. The largest absolute Gasteiger partial charge is 0.275 e. The topological polar surface area (TPSA) is 87.7 Å². The molecule has 2 aromatic rings. The molecule has 1 aliphatic rings. The molecule has 6 nitrogen and oxygen atoms in total. The third-order valence-corrected chi connectivity index (χ3v) is 4.72. The van der Waals surface area contributed by atoms with E-state index in [4.69, 9.17) is 0 Å². The molecule has 1 heterocycles. The third-order valence-electron chi connectivity index (χ3n) is 3.49. The van der Waals surface area contributed by atoms with Crippen molar-refractivity contribution in [2.24, 2.45) is 0 Å². The Hall–Kier alpha value is -1.73. The molecule has 0 radical (unpaired) electrons. The van der Waals surface area contributed by atoms with Crippen LogP contribution in [0.4, 0.5) is 0 Å². The highest BCUT2D eigenvalue weighted by Gasteiger charge is 2.44. The van der Waals surface area contributed by atoms with Crippen LogP contribution < -0.4 is 4.72 Å². The minimum absolute atomic E-state index is 0.0612. The van der Waals surface area contributed by atoms with Crippen LogP contribution in [0.2, 0.25) is 0 Å². The van der Waals surface area contributed by atoms with Crippen LogP contribution in [-0.2, 0) is 15.4 Å². The number of benzene rings is 1. The second kappa shape index (κ2) is 4.43. The van der Waals surface area contributed by atoms with E-state index in [0.717, 1.165) is 12.8 Å². The molecule has 19 heavy (non-hydrogen) atoms. The van der Waals surface area contributed by atoms with E-state index in [0.29, 0.717) is 6.54 Å². The molecule has 0 saturated heterocycles. The summed E-state index contributed by atoms with van der Waals surface area (Å²) in [4.78, 5) is 3.66. The number of nitrogens with zero attached hydrogens (tertiary/aromatic N) is 2. The molecule has 0 amide bonds. The first kappa shape index (κ1) is 12.3. The Balaban J connectivity index is 1.74. The molecule has 0 unspecified atom stereocenters. The van der Waals surface area contributed by atoms with Crippen LogP contribution in [0.15, 0.2) is 41.8 Å². The molecule has 0 spiro atoms. The van der Waals surface area contributed by atoms with Gasteiger partial charge in [0.1, 0.15) is 6.33 Å². The van der Waals surface area contributed by atoms with Crippen molar-refractivity contribution >= 4 is 10.0 Å². The number of aromatic nitrogens is 3. The predicted molar refractivity (Wildman–Crippen MR) is 68.9 cm³/mol. The lowest BCUT2D eigenvalue weighted by molar-refractivity contribution is 0.559. The van der Waals surface area contributed by atoms with Gasteiger partial charge in [-0.2, -0.15) is 5.10 Å². The lowest BCUT2D eigenvalue weighted by atomic mass is 9.96. The smallest absolute Gasteiger partial charge is 0.249 e. The normalized spacial score (nSPS) is 17.3. The fourth-order valence-corrected chi connectivity index (χ4v) is 3.10. The van der Waals surface area contributed by atoms with Gasteiger partial charge >= 0.3 is 0 Å². The molecule has 3 rings (SSSR count). The Morgan fingerprint density at radius 3 is 2.58 bits per heavy atom. The zero-order chi connectivity index (χ0) is 13.3. The van der Waals surface area contributed by atoms with Crippen LogP contribution in [0.3, 0.4) is 0 Å². The summed E-state index contributed by atoms with van der Waals surface area (Å²) in [5.41, 5.74) is 1.12. The predicted octanol–water partition coefficient (Wildman–Crippen LogP) is 0.815. The molecule has 1 aromatic carbocycles. The third kappa shape index (κ3) is 2.39. The molecule has 100 valence electrons. The van der Waals surface area contributed by atoms with Crippen LogP contribution in [0.5, 0.6) is 0 Å². The number of rotatable bonds is 5. The molecule has 2 N–H and O–H groups in total. The first-order chi connectivity index (χ1) is 9.12. The molecule has 1 saturated carbocycles. The Morgan fingerprint density at radius 2 is 2.00 bits per heavy atom. The summed E-state index contributed by atoms with van der Waals surface area (Å²) in [5.74, 6) is 0. The quantitative estimate of drug-likeness (QED) is 0.847. The zero-order valence-electron chi connectivity index (χ0n) is 10.2. The molecule has 1 fully saturated rings. The maximum Gasteiger partial charge on any atom is 0.275 e. The van der Waals surface area contributed by atoms with E-state index in [9.17, 15) is 8.42 Å². The van der Waals surface area contributed by atoms with Crippen molar-refractivity contribution in [2.75, 3.05) is 6.54 Å². The van der Waals surface area contributed by atoms with Crippen LogP contribution in [-0.4, -0.2) is 30.1 Å². The summed E-state index contributed by atoms with van der Waals surface area (Å²) < 4.78 is 26.5. The number of aromatic amines is 1. The monoisotopic (exact) mass is 278 g/mol. The van der Waals surface area contributed by atoms with E-state index in [1.165, 1.54) is 11.9 Å². The molecule has 0 aliphatic heterocycles. The van der Waals surface area contributed by atoms with E-state index in [1.54, 1.807) is 0 Å². The molecule has 0 atom stereocenters. The van der Waals surface area contributed by atoms with Gasteiger partial charge in [0.15, 0.2) is 0 Å². The Labute approximate surface area is 111 Å². The summed E-state index contributed by atoms with van der Waals surface area (Å²) in [7, 11) is -3.60. The van der Waals surface area contributed by atoms with E-state index in [2.05, 4.69) is 19.9 Å². The number of hydrogen-bond donors (Lipinski definition) is 2. The second-order valence-corrected chi connectivity index (χ2v) is 6.44. The summed E-state index contributed by atoms with van der Waals surface area (Å²) >= 11 is 0. The minimum Gasteiger partial charge on any atom is -0.249 e. The van der Waals surface area contributed by atoms with Crippen LogP contribution >= 0.6 is 0 Å². The fourth-order valence-electron chi connectivity index (χ4n) is 2.14. The van der Waals surface area contributed by atoms with Gasteiger partial charge in [-0.3, -0.25) is 0 Å². The Morgan fingerprint density at radius 1 is 1.26 bits per heavy atom. The highest BCUT2D eigenvalue weighted by Crippen LogP contribution is 2.47. The number of hydrogen-bond acceptors (Lipinski definition) is 4. The van der Waals surface area contributed by atoms with Crippen molar-refractivity contribution in [1.29, 1.82) is 0 Å². The maximum atomic E-state index is 12.0. The number of H-pyrrole nitrogens is 1. The van der Waals surface area contributed by atoms with E-state index in [-0.39, 0.29) is 10.6 Å². The first-order valence-corrected chi connectivity index (χ1v) is 7.51.